The van der Waals surface area contributed by atoms with Gasteiger partial charge in [-0.3, -0.25) is 0 Å². The standard InChI is InChI=1S/2C26H40O3S.Ca/c2*1-3-5-7-9-11-13-15-22-17-18-23-19-20-24(16-14-12-10-8-6-4-2)26(25(23)21-22)30(27,28)29;/h2*17-21H,3-16H2,1-2H3,(H,27,28,29);/q;;+2/p-2. The number of hydrogen-bond donors (Lipinski definition) is 0. The van der Waals surface area contributed by atoms with Crippen LogP contribution in [0.1, 0.15) is 204 Å². The van der Waals surface area contributed by atoms with Crippen molar-refractivity contribution in [3.05, 3.63) is 82.9 Å². The molecular formula is C52H78CaO6S2. The first kappa shape index (κ1) is 55.6. The first-order valence-electron chi connectivity index (χ1n) is 23.9. The molecule has 0 bridgehead atoms. The molecule has 0 aliphatic carbocycles. The number of benzene rings is 4. The third-order valence-electron chi connectivity index (χ3n) is 12.0. The second-order valence-electron chi connectivity index (χ2n) is 17.2. The molecular weight excluding hydrogens is 825 g/mol. The Bertz CT molecular complexity index is 1890. The van der Waals surface area contributed by atoms with Gasteiger partial charge in [-0.1, -0.05) is 205 Å². The van der Waals surface area contributed by atoms with Gasteiger partial charge in [-0.25, -0.2) is 16.8 Å². The molecule has 0 spiro atoms. The van der Waals surface area contributed by atoms with E-state index in [0.29, 0.717) is 34.7 Å². The van der Waals surface area contributed by atoms with Crippen molar-refractivity contribution < 1.29 is 25.9 Å². The molecule has 0 unspecified atom stereocenters. The topological polar surface area (TPSA) is 114 Å². The molecule has 0 aliphatic heterocycles. The van der Waals surface area contributed by atoms with Crippen LogP contribution in [-0.2, 0) is 45.9 Å². The first-order valence-corrected chi connectivity index (χ1v) is 26.8. The molecule has 0 fully saturated rings. The second kappa shape index (κ2) is 31.4. The maximum Gasteiger partial charge on any atom is 2.00 e. The Morgan fingerprint density at radius 2 is 0.623 bits per heavy atom. The summed E-state index contributed by atoms with van der Waals surface area (Å²) in [5, 5.41) is 2.89. The fourth-order valence-electron chi connectivity index (χ4n) is 8.47. The van der Waals surface area contributed by atoms with Crippen molar-refractivity contribution in [3.63, 3.8) is 0 Å². The molecule has 6 nitrogen and oxygen atoms in total. The zero-order chi connectivity index (χ0) is 43.6. The van der Waals surface area contributed by atoms with Gasteiger partial charge in [0.2, 0.25) is 0 Å². The van der Waals surface area contributed by atoms with Crippen LogP contribution in [0.25, 0.3) is 21.5 Å². The van der Waals surface area contributed by atoms with E-state index in [1.807, 2.05) is 48.5 Å². The van der Waals surface area contributed by atoms with E-state index in [4.69, 9.17) is 0 Å². The summed E-state index contributed by atoms with van der Waals surface area (Å²) in [5.41, 5.74) is 3.62. The van der Waals surface area contributed by atoms with Crippen molar-refractivity contribution in [1.29, 1.82) is 0 Å². The predicted molar refractivity (Wildman–Crippen MR) is 258 cm³/mol. The molecule has 61 heavy (non-hydrogen) atoms. The van der Waals surface area contributed by atoms with Crippen molar-refractivity contribution in [2.45, 2.75) is 217 Å². The molecule has 9 heteroatoms. The van der Waals surface area contributed by atoms with E-state index in [0.717, 1.165) is 73.3 Å². The van der Waals surface area contributed by atoms with Crippen LogP contribution in [0.2, 0.25) is 0 Å². The second-order valence-corrected chi connectivity index (χ2v) is 19.8. The quantitative estimate of drug-likeness (QED) is 0.0292. The number of rotatable bonds is 30. The fraction of sp³-hybridized carbons (Fsp3) is 0.615. The van der Waals surface area contributed by atoms with E-state index in [2.05, 4.69) is 39.8 Å². The Kier molecular flexibility index (Phi) is 28.6. The summed E-state index contributed by atoms with van der Waals surface area (Å²) >= 11 is 0. The van der Waals surface area contributed by atoms with E-state index in [9.17, 15) is 25.9 Å². The van der Waals surface area contributed by atoms with Gasteiger partial charge in [0.1, 0.15) is 20.2 Å². The van der Waals surface area contributed by atoms with E-state index < -0.39 is 20.2 Å². The molecule has 0 aliphatic rings. The van der Waals surface area contributed by atoms with Crippen molar-refractivity contribution >= 4 is 79.5 Å². The largest absolute Gasteiger partial charge is 2.00 e. The monoisotopic (exact) mass is 902 g/mol. The molecule has 0 aromatic heterocycles. The maximum absolute atomic E-state index is 12.2. The minimum atomic E-state index is -4.51. The number of fused-ring (bicyclic) bond motifs is 2. The summed E-state index contributed by atoms with van der Waals surface area (Å²) in [7, 11) is -9.03. The molecule has 0 atom stereocenters. The van der Waals surface area contributed by atoms with Gasteiger partial charge in [0.15, 0.2) is 0 Å². The predicted octanol–water partition coefficient (Wildman–Crippen LogP) is 14.7. The Hall–Kier alpha value is -1.52. The zero-order valence-electron chi connectivity index (χ0n) is 38.5. The minimum absolute atomic E-state index is 0. The summed E-state index contributed by atoms with van der Waals surface area (Å²) in [6.07, 6.45) is 31.7. The Morgan fingerprint density at radius 3 is 0.918 bits per heavy atom. The van der Waals surface area contributed by atoms with Crippen LogP contribution in [0.15, 0.2) is 70.5 Å². The number of aryl methyl sites for hydroxylation is 4. The molecule has 4 aromatic rings. The summed E-state index contributed by atoms with van der Waals surface area (Å²) in [6, 6.07) is 19.6. The number of unbranched alkanes of at least 4 members (excludes halogenated alkanes) is 20. The first-order chi connectivity index (χ1) is 28.9. The normalized spacial score (nSPS) is 11.8. The molecule has 0 N–H and O–H groups in total. The Morgan fingerprint density at radius 1 is 0.361 bits per heavy atom. The third kappa shape index (κ3) is 20.9. The van der Waals surface area contributed by atoms with Gasteiger partial charge >= 0.3 is 37.7 Å². The molecule has 0 heterocycles. The molecule has 336 valence electrons. The summed E-state index contributed by atoms with van der Waals surface area (Å²) < 4.78 is 72.9. The van der Waals surface area contributed by atoms with Gasteiger partial charge in [0.25, 0.3) is 0 Å². The SMILES string of the molecule is CCCCCCCCc1ccc2ccc(CCCCCCCC)c(S(=O)(=O)[O-])c2c1.CCCCCCCCc1ccc2ccc(CCCCCCCC)c(S(=O)(=O)[O-])c2c1.[Ca+2]. The molecule has 0 saturated carbocycles. The van der Waals surface area contributed by atoms with E-state index >= 15 is 0 Å². The fourth-order valence-corrected chi connectivity index (χ4v) is 10.3. The third-order valence-corrected chi connectivity index (χ3v) is 13.9. The molecule has 4 rings (SSSR count). The van der Waals surface area contributed by atoms with Gasteiger partial charge in [0, 0.05) is 0 Å². The molecule has 0 radical (unpaired) electrons. The molecule has 4 aromatic carbocycles. The average molecular weight is 903 g/mol. The Balaban J connectivity index is 0.000000413. The molecule has 0 amide bonds. The minimum Gasteiger partial charge on any atom is -0.744 e. The number of hydrogen-bond acceptors (Lipinski definition) is 6. The van der Waals surface area contributed by atoms with Crippen LogP contribution in [0.3, 0.4) is 0 Å². The van der Waals surface area contributed by atoms with Crippen molar-refractivity contribution in [3.8, 4) is 0 Å². The van der Waals surface area contributed by atoms with Crippen LogP contribution < -0.4 is 0 Å². The zero-order valence-corrected chi connectivity index (χ0v) is 42.4. The average Bonchev–Trinajstić information content (AvgIpc) is 3.22. The van der Waals surface area contributed by atoms with Gasteiger partial charge in [0.05, 0.1) is 9.79 Å². The van der Waals surface area contributed by atoms with E-state index in [1.54, 1.807) is 0 Å². The van der Waals surface area contributed by atoms with Gasteiger partial charge in [-0.15, -0.1) is 0 Å². The van der Waals surface area contributed by atoms with Crippen LogP contribution in [0, 0.1) is 0 Å². The van der Waals surface area contributed by atoms with E-state index in [1.165, 1.54) is 116 Å². The van der Waals surface area contributed by atoms with Gasteiger partial charge in [-0.05, 0) is 107 Å². The van der Waals surface area contributed by atoms with Gasteiger partial charge in [-0.2, -0.15) is 0 Å². The van der Waals surface area contributed by atoms with Crippen molar-refractivity contribution in [1.82, 2.24) is 0 Å². The van der Waals surface area contributed by atoms with E-state index in [-0.39, 0.29) is 47.5 Å². The van der Waals surface area contributed by atoms with Crippen LogP contribution in [-0.4, -0.2) is 63.7 Å². The summed E-state index contributed by atoms with van der Waals surface area (Å²) in [4.78, 5) is 0.0247. The summed E-state index contributed by atoms with van der Waals surface area (Å²) in [6.45, 7) is 8.83. The Labute approximate surface area is 402 Å². The van der Waals surface area contributed by atoms with Crippen molar-refractivity contribution in [2.24, 2.45) is 0 Å². The molecule has 0 saturated heterocycles. The maximum atomic E-state index is 12.2. The van der Waals surface area contributed by atoms with Crippen LogP contribution >= 0.6 is 0 Å². The van der Waals surface area contributed by atoms with Crippen LogP contribution in [0.5, 0.6) is 0 Å². The summed E-state index contributed by atoms with van der Waals surface area (Å²) in [5.74, 6) is 0. The van der Waals surface area contributed by atoms with Crippen LogP contribution in [0.4, 0.5) is 0 Å². The van der Waals surface area contributed by atoms with Gasteiger partial charge < -0.3 is 9.11 Å². The smallest absolute Gasteiger partial charge is 0.744 e. The van der Waals surface area contributed by atoms with Crippen molar-refractivity contribution in [2.75, 3.05) is 0 Å².